The van der Waals surface area contributed by atoms with E-state index in [1.54, 1.807) is 54.6 Å². The predicted molar refractivity (Wildman–Crippen MR) is 548 cm³/mol. The molecule has 4 aromatic heterocycles. The number of para-hydroxylation sites is 2. The van der Waals surface area contributed by atoms with Crippen LogP contribution in [0.4, 0.5) is 34.9 Å². The van der Waals surface area contributed by atoms with Gasteiger partial charge in [0.25, 0.3) is 0 Å². The second kappa shape index (κ2) is 41.2. The van der Waals surface area contributed by atoms with Gasteiger partial charge in [0.2, 0.25) is 47.3 Å². The minimum atomic E-state index is -1.12. The molecule has 8 aliphatic heterocycles. The molecule has 8 atom stereocenters. The molecule has 4 aromatic carbocycles. The van der Waals surface area contributed by atoms with Gasteiger partial charge in [-0.3, -0.25) is 28.8 Å². The lowest BCUT2D eigenvalue weighted by atomic mass is 9.56. The SMILES string of the molecule is C#Cc1ccc(CNC(=O)[C@@H]2C[C@@H](O)CN2C(=O)[C@@H](NC(=O)C2CCC3(CC2)CC(N2CCC(c4cnc(N5CCN6c7cc(-c8cccc(Cl)c8O)nnc7NC[C@H]6C5)nc4)CC2)C3)C(C)(C)CCc2cc(Cl)ccc2C#CCNC(=O)[C@@H]2C[C@@H](O)CN2C(=O)[C@@H](NC(=O)C2CCC3(CC2)CC(N2CCC(c4cnc(N5CCN6c7cc(-c8ccccc8O)nnc7NC[C@H]6C5)nc4)CC2)C3)C(C)(C)C)cc1. The number of hydrogen-bond acceptors (Lipinski definition) is 26. The van der Waals surface area contributed by atoms with E-state index in [4.69, 9.17) is 49.6 Å². The molecule has 10 fully saturated rings. The van der Waals surface area contributed by atoms with Crippen LogP contribution in [-0.4, -0.2) is 275 Å². The summed E-state index contributed by atoms with van der Waals surface area (Å²) in [6.45, 7) is 19.4. The molecule has 143 heavy (non-hydrogen) atoms. The number of β-amino-alcohol motifs (C(OH)–C–C–N with tert-alkyl or cyclic N) is 2. The summed E-state index contributed by atoms with van der Waals surface area (Å²) in [5.41, 5.74) is 8.16. The van der Waals surface area contributed by atoms with Gasteiger partial charge < -0.3 is 91.5 Å². The molecule has 0 unspecified atom stereocenters. The van der Waals surface area contributed by atoms with Crippen LogP contribution in [0, 0.1) is 57.7 Å². The third kappa shape index (κ3) is 21.0. The molecular weight excluding hydrogens is 1850 g/mol. The molecule has 32 nitrogen and oxygen atoms in total. The fraction of sp³-hybridized carbons (Fsp3) is 0.541. The van der Waals surface area contributed by atoms with Crippen molar-refractivity contribution in [1.82, 2.24) is 81.2 Å². The Balaban J connectivity index is 0.415. The highest BCUT2D eigenvalue weighted by Crippen LogP contribution is 2.57. The topological polar surface area (TPSA) is 385 Å². The second-order valence-corrected chi connectivity index (χ2v) is 45.1. The number of piperazine rings is 2. The molecule has 8 aromatic rings. The number of benzene rings is 4. The Kier molecular flexibility index (Phi) is 28.4. The fourth-order valence-electron chi connectivity index (χ4n) is 25.0. The van der Waals surface area contributed by atoms with Gasteiger partial charge in [0.05, 0.1) is 58.6 Å². The zero-order chi connectivity index (χ0) is 99.3. The number of phenols is 2. The average Bonchev–Trinajstić information content (AvgIpc) is 1.54. The van der Waals surface area contributed by atoms with E-state index in [1.165, 1.54) is 15.4 Å². The summed E-state index contributed by atoms with van der Waals surface area (Å²) in [5, 5.41) is 81.6. The summed E-state index contributed by atoms with van der Waals surface area (Å²) in [7, 11) is 0. The van der Waals surface area contributed by atoms with Gasteiger partial charge in [-0.25, -0.2) is 19.9 Å². The molecule has 20 rings (SSSR count). The zero-order valence-corrected chi connectivity index (χ0v) is 83.8. The molecule has 2 spiro atoms. The normalized spacial score (nSPS) is 26.1. The molecule has 752 valence electrons. The van der Waals surface area contributed by atoms with Crippen molar-refractivity contribution in [3.05, 3.63) is 165 Å². The minimum absolute atomic E-state index is 0.00968. The highest BCUT2D eigenvalue weighted by Gasteiger charge is 2.54. The number of aromatic hydroxyl groups is 2. The summed E-state index contributed by atoms with van der Waals surface area (Å²) >= 11 is 13.0. The number of amides is 6. The molecule has 4 aliphatic carbocycles. The number of rotatable bonds is 23. The third-order valence-electron chi connectivity index (χ3n) is 33.7. The average molecular weight is 1980 g/mol. The Morgan fingerprint density at radius 1 is 0.538 bits per heavy atom. The number of nitrogens with one attached hydrogen (secondary N) is 6. The van der Waals surface area contributed by atoms with Gasteiger partial charge in [-0.1, -0.05) is 106 Å². The number of aliphatic hydroxyl groups is 2. The van der Waals surface area contributed by atoms with Crippen molar-refractivity contribution in [2.75, 3.05) is 128 Å². The maximum atomic E-state index is 15.6. The number of hydrogen-bond donors (Lipinski definition) is 10. The van der Waals surface area contributed by atoms with Gasteiger partial charge in [0.15, 0.2) is 11.6 Å². The van der Waals surface area contributed by atoms with Gasteiger partial charge in [-0.15, -0.1) is 26.8 Å². The van der Waals surface area contributed by atoms with Crippen molar-refractivity contribution in [1.29, 1.82) is 0 Å². The van der Waals surface area contributed by atoms with Crippen molar-refractivity contribution in [3.63, 3.8) is 0 Å². The molecule has 4 saturated carbocycles. The largest absolute Gasteiger partial charge is 0.507 e. The Morgan fingerprint density at radius 2 is 1.03 bits per heavy atom. The van der Waals surface area contributed by atoms with Gasteiger partial charge in [-0.2, -0.15) is 0 Å². The Bertz CT molecular complexity index is 6150. The lowest BCUT2D eigenvalue weighted by Crippen LogP contribution is -2.59. The number of aromatic nitrogens is 8. The first-order valence-corrected chi connectivity index (χ1v) is 52.3. The van der Waals surface area contributed by atoms with Crippen LogP contribution in [0.2, 0.25) is 10.0 Å². The number of phenolic OH excluding ortho intramolecular Hbond substituents is 2. The number of likely N-dealkylation sites (tertiary alicyclic amines) is 4. The van der Waals surface area contributed by atoms with E-state index in [9.17, 15) is 39.6 Å². The van der Waals surface area contributed by atoms with E-state index in [1.807, 2.05) is 102 Å². The molecule has 6 saturated heterocycles. The summed E-state index contributed by atoms with van der Waals surface area (Å²) in [6.07, 6.45) is 27.5. The van der Waals surface area contributed by atoms with Gasteiger partial charge in [0.1, 0.15) is 35.7 Å². The predicted octanol–water partition coefficient (Wildman–Crippen LogP) is 11.2. The van der Waals surface area contributed by atoms with E-state index in [0.717, 1.165) is 208 Å². The molecule has 6 amide bonds. The first kappa shape index (κ1) is 98.4. The van der Waals surface area contributed by atoms with E-state index in [2.05, 4.69) is 99.5 Å². The first-order valence-electron chi connectivity index (χ1n) is 51.6. The van der Waals surface area contributed by atoms with Crippen LogP contribution in [0.1, 0.15) is 202 Å². The van der Waals surface area contributed by atoms with E-state index in [0.29, 0.717) is 101 Å². The van der Waals surface area contributed by atoms with Crippen LogP contribution in [0.5, 0.6) is 11.5 Å². The fourth-order valence-corrected chi connectivity index (χ4v) is 25.4. The van der Waals surface area contributed by atoms with Crippen molar-refractivity contribution in [3.8, 4) is 58.2 Å². The van der Waals surface area contributed by atoms with Crippen LogP contribution in [0.15, 0.2) is 122 Å². The summed E-state index contributed by atoms with van der Waals surface area (Å²) in [5.74, 6) is 10.0. The number of terminal acetylenes is 1. The zero-order valence-electron chi connectivity index (χ0n) is 82.3. The molecule has 34 heteroatoms. The molecule has 0 bridgehead atoms. The first-order chi connectivity index (χ1) is 68.9. The number of carbonyl (C=O) groups is 6. The maximum absolute atomic E-state index is 15.6. The number of fused-ring (bicyclic) bond motifs is 6. The maximum Gasteiger partial charge on any atom is 0.246 e. The van der Waals surface area contributed by atoms with Gasteiger partial charge in [0, 0.05) is 161 Å². The molecule has 10 N–H and O–H groups in total. The standard InChI is InChI=1S/C109H132Cl2N22O10/c1-7-66-17-19-67(20-18-66)55-115-101(141)91-48-82(135)65-133(91)103(143)95(121-99(139)72-26-35-109(36-27-72)53-78(54-109)127-40-30-70(31-41-127)75-58-118-105(119-59-75)129-43-45-131-80(63-129)61-114-97-89(131)50-87(123-125-97)84-14-10-15-85(111)93(84)137)107(5,6)32-23-73-46-76(110)22-21-68(73)12-11-37-112-100(140)90-47-81(134)64-132(90)102(142)94(106(2,3)4)120-98(138)71-24-33-108(34-25-71)51-77(52-108)126-38-28-69(29-39-126)74-56-116-104(117-57-74)128-42-44-130-79(62-128)60-113-96-88(130)49-86(122-124-96)83-13-8-9-16-92(83)136/h1,8-10,13-22,46,49-50,56-59,69-72,77-82,90-91,94-95,134-137H,23-45,47-48,51-55,60-65H2,2-6H3,(H,112,140)(H,113,124)(H,114,125)(H,115,141)(H,120,138)(H,121,139)/t71?,72?,77?,78?,79-,80-,81+,82+,90-,91-,94+,95+,108?,109?/m0/s1. The van der Waals surface area contributed by atoms with Crippen molar-refractivity contribution in [2.45, 2.75) is 242 Å². The molecule has 12 heterocycles. The smallest absolute Gasteiger partial charge is 0.246 e. The number of aliphatic hydroxyl groups excluding tert-OH is 2. The summed E-state index contributed by atoms with van der Waals surface area (Å²) in [6, 6.07) is 26.2. The molecule has 12 aliphatic rings. The van der Waals surface area contributed by atoms with Crippen LogP contribution in [0.25, 0.3) is 22.5 Å². The van der Waals surface area contributed by atoms with Gasteiger partial charge >= 0.3 is 0 Å². The minimum Gasteiger partial charge on any atom is -0.507 e. The number of halogens is 2. The number of anilines is 6. The van der Waals surface area contributed by atoms with Gasteiger partial charge in [-0.05, 0) is 264 Å². The Hall–Kier alpha value is -12.0. The highest BCUT2D eigenvalue weighted by atomic mass is 35.5. The number of piperidine rings is 2. The van der Waals surface area contributed by atoms with E-state index in [-0.39, 0.29) is 102 Å². The lowest BCUT2D eigenvalue weighted by Gasteiger charge is -2.55. The number of nitrogens with zero attached hydrogens (tertiary/aromatic N) is 16. The van der Waals surface area contributed by atoms with Crippen LogP contribution >= 0.6 is 23.2 Å². The Labute approximate surface area is 846 Å². The van der Waals surface area contributed by atoms with E-state index < -0.39 is 70.8 Å². The third-order valence-corrected chi connectivity index (χ3v) is 34.3. The molecule has 0 radical (unpaired) electrons. The highest BCUT2D eigenvalue weighted by molar-refractivity contribution is 6.32. The van der Waals surface area contributed by atoms with Crippen LogP contribution < -0.4 is 51.5 Å². The quantitative estimate of drug-likeness (QED) is 0.0266. The Morgan fingerprint density at radius 3 is 1.54 bits per heavy atom. The van der Waals surface area contributed by atoms with Crippen molar-refractivity contribution in [2.24, 2.45) is 33.5 Å². The van der Waals surface area contributed by atoms with E-state index >= 15 is 9.59 Å². The summed E-state index contributed by atoms with van der Waals surface area (Å²) in [4.78, 5) is 126. The van der Waals surface area contributed by atoms with Crippen molar-refractivity contribution >= 4 is 93.6 Å². The second-order valence-electron chi connectivity index (χ2n) is 44.3. The number of aryl methyl sites for hydroxylation is 1. The van der Waals surface area contributed by atoms with Crippen molar-refractivity contribution < 1.29 is 49.2 Å². The van der Waals surface area contributed by atoms with Crippen LogP contribution in [-0.2, 0) is 41.7 Å². The lowest BCUT2D eigenvalue weighted by molar-refractivity contribution is -0.145. The number of carbonyl (C=O) groups excluding carboxylic acids is 6. The molecular formula is C109H132Cl2N22O10. The van der Waals surface area contributed by atoms with Crippen LogP contribution in [0.3, 0.4) is 0 Å². The summed E-state index contributed by atoms with van der Waals surface area (Å²) < 4.78 is 0. The monoisotopic (exact) mass is 1980 g/mol.